The van der Waals surface area contributed by atoms with Gasteiger partial charge in [-0.15, -0.1) is 11.8 Å². The Morgan fingerprint density at radius 1 is 1.09 bits per heavy atom. The minimum absolute atomic E-state index is 0.0140. The molecule has 2 aromatic rings. The lowest BCUT2D eigenvalue weighted by atomic mass is 9.91. The molecule has 0 N–H and O–H groups in total. The molecule has 0 unspecified atom stereocenters. The van der Waals surface area contributed by atoms with Gasteiger partial charge in [0, 0.05) is 19.4 Å². The van der Waals surface area contributed by atoms with Crippen molar-refractivity contribution in [3.8, 4) is 5.75 Å². The van der Waals surface area contributed by atoms with Gasteiger partial charge in [-0.25, -0.2) is 4.79 Å². The van der Waals surface area contributed by atoms with Crippen LogP contribution in [-0.4, -0.2) is 42.9 Å². The number of methoxy groups -OCH3 is 1. The summed E-state index contributed by atoms with van der Waals surface area (Å²) in [6.07, 6.45) is 1.94. The molecule has 0 atom stereocenters. The molecule has 0 spiro atoms. The molecule has 1 heterocycles. The number of rotatable bonds is 7. The number of thioether (sulfide) groups is 1. The topological polar surface area (TPSA) is 55.8 Å². The van der Waals surface area contributed by atoms with Gasteiger partial charge in [-0.2, -0.15) is 0 Å². The molecule has 0 radical (unpaired) electrons. The van der Waals surface area contributed by atoms with Crippen LogP contribution in [0.2, 0.25) is 0 Å². The van der Waals surface area contributed by atoms with Gasteiger partial charge in [0.25, 0.3) is 5.91 Å². The summed E-state index contributed by atoms with van der Waals surface area (Å²) in [7, 11) is 1.59. The normalized spacial score (nSPS) is 15.7. The monoisotopic (exact) mass is 453 g/mol. The van der Waals surface area contributed by atoms with E-state index in [1.165, 1.54) is 0 Å². The molecule has 32 heavy (non-hydrogen) atoms. The first kappa shape index (κ1) is 24.1. The summed E-state index contributed by atoms with van der Waals surface area (Å²) >= 11 is 1.57. The number of carbonyl (C=O) groups excluding carboxylic acids is 2. The Kier molecular flexibility index (Phi) is 8.15. The molecule has 3 rings (SSSR count). The molecule has 0 bridgehead atoms. The zero-order valence-corrected chi connectivity index (χ0v) is 20.2. The number of amides is 1. The van der Waals surface area contributed by atoms with E-state index in [1.54, 1.807) is 35.9 Å². The zero-order chi connectivity index (χ0) is 23.3. The van der Waals surface area contributed by atoms with Gasteiger partial charge in [-0.1, -0.05) is 45.9 Å². The molecule has 2 aromatic carbocycles. The molecule has 0 aliphatic carbocycles. The van der Waals surface area contributed by atoms with Gasteiger partial charge in [0.1, 0.15) is 12.5 Å². The van der Waals surface area contributed by atoms with Crippen molar-refractivity contribution < 1.29 is 19.1 Å². The third-order valence-electron chi connectivity index (χ3n) is 5.32. The van der Waals surface area contributed by atoms with Crippen molar-refractivity contribution >= 4 is 29.7 Å². The number of carbonyl (C=O) groups is 2. The standard InChI is InChI=1S/C26H31NO4S/c1-17(2)21-13-19(15-23-25(28)27(16-30-5)11-12-32-23)14-22(18(3)4)24(21)31-26(29)20-9-7-6-8-10-20/h6-10,13-15,17-18H,11-12,16H2,1-5H3. The molecular weight excluding hydrogens is 422 g/mol. The van der Waals surface area contributed by atoms with Crippen LogP contribution < -0.4 is 4.74 Å². The lowest BCUT2D eigenvalue weighted by Gasteiger charge is -2.27. The van der Waals surface area contributed by atoms with Crippen molar-refractivity contribution in [1.29, 1.82) is 0 Å². The van der Waals surface area contributed by atoms with Crippen LogP contribution in [0.1, 0.15) is 66.6 Å². The molecule has 1 aliphatic rings. The highest BCUT2D eigenvalue weighted by atomic mass is 32.2. The fourth-order valence-electron chi connectivity index (χ4n) is 3.60. The molecule has 1 saturated heterocycles. The van der Waals surface area contributed by atoms with Crippen LogP contribution >= 0.6 is 11.8 Å². The zero-order valence-electron chi connectivity index (χ0n) is 19.4. The van der Waals surface area contributed by atoms with Crippen LogP contribution in [0, 0.1) is 0 Å². The van der Waals surface area contributed by atoms with E-state index in [4.69, 9.17) is 9.47 Å². The maximum Gasteiger partial charge on any atom is 0.343 e. The molecule has 1 aliphatic heterocycles. The first-order chi connectivity index (χ1) is 15.3. The van der Waals surface area contributed by atoms with E-state index in [-0.39, 0.29) is 23.7 Å². The highest BCUT2D eigenvalue weighted by molar-refractivity contribution is 8.04. The van der Waals surface area contributed by atoms with Crippen molar-refractivity contribution in [2.24, 2.45) is 0 Å². The summed E-state index contributed by atoms with van der Waals surface area (Å²) in [4.78, 5) is 28.0. The predicted molar refractivity (Wildman–Crippen MR) is 130 cm³/mol. The highest BCUT2D eigenvalue weighted by Crippen LogP contribution is 2.38. The Hall–Kier alpha value is -2.57. The predicted octanol–water partition coefficient (Wildman–Crippen LogP) is 5.67. The molecule has 0 aromatic heterocycles. The van der Waals surface area contributed by atoms with Crippen LogP contribution in [0.15, 0.2) is 47.4 Å². The van der Waals surface area contributed by atoms with Crippen molar-refractivity contribution in [3.05, 3.63) is 69.6 Å². The van der Waals surface area contributed by atoms with Gasteiger partial charge in [0.2, 0.25) is 0 Å². The summed E-state index contributed by atoms with van der Waals surface area (Å²) in [5, 5.41) is 0. The third-order valence-corrected chi connectivity index (χ3v) is 6.31. The van der Waals surface area contributed by atoms with Crippen LogP contribution in [0.4, 0.5) is 0 Å². The van der Waals surface area contributed by atoms with Gasteiger partial charge >= 0.3 is 5.97 Å². The summed E-state index contributed by atoms with van der Waals surface area (Å²) in [6.45, 7) is 9.29. The van der Waals surface area contributed by atoms with E-state index in [2.05, 4.69) is 27.7 Å². The largest absolute Gasteiger partial charge is 0.422 e. The number of esters is 1. The van der Waals surface area contributed by atoms with Crippen LogP contribution in [0.25, 0.3) is 6.08 Å². The Labute approximate surface area is 194 Å². The summed E-state index contributed by atoms with van der Waals surface area (Å²) in [5.41, 5.74) is 3.36. The number of ether oxygens (including phenoxy) is 2. The Bertz CT molecular complexity index is 967. The van der Waals surface area contributed by atoms with Crippen LogP contribution in [0.3, 0.4) is 0 Å². The lowest BCUT2D eigenvalue weighted by Crippen LogP contribution is -2.38. The number of hydrogen-bond acceptors (Lipinski definition) is 5. The number of benzene rings is 2. The van der Waals surface area contributed by atoms with Gasteiger partial charge in [-0.3, -0.25) is 4.79 Å². The van der Waals surface area contributed by atoms with Crippen molar-refractivity contribution in [2.75, 3.05) is 26.1 Å². The first-order valence-corrected chi connectivity index (χ1v) is 11.9. The second-order valence-corrected chi connectivity index (χ2v) is 9.57. The van der Waals surface area contributed by atoms with Crippen molar-refractivity contribution in [3.63, 3.8) is 0 Å². The fraction of sp³-hybridized carbons (Fsp3) is 0.385. The van der Waals surface area contributed by atoms with Crippen LogP contribution in [0.5, 0.6) is 5.75 Å². The molecule has 170 valence electrons. The summed E-state index contributed by atoms with van der Waals surface area (Å²) < 4.78 is 11.1. The summed E-state index contributed by atoms with van der Waals surface area (Å²) in [5.74, 6) is 1.36. The van der Waals surface area contributed by atoms with Gasteiger partial charge < -0.3 is 14.4 Å². The lowest BCUT2D eigenvalue weighted by molar-refractivity contribution is -0.130. The molecule has 1 amide bonds. The summed E-state index contributed by atoms with van der Waals surface area (Å²) in [6, 6.07) is 13.1. The van der Waals surface area contributed by atoms with E-state index < -0.39 is 0 Å². The molecule has 1 fully saturated rings. The van der Waals surface area contributed by atoms with E-state index >= 15 is 0 Å². The smallest absolute Gasteiger partial charge is 0.343 e. The van der Waals surface area contributed by atoms with Gasteiger partial charge in [-0.05, 0) is 58.9 Å². The SMILES string of the molecule is COCN1CCSC(=Cc2cc(C(C)C)c(OC(=O)c3ccccc3)c(C(C)C)c2)C1=O. The van der Waals surface area contributed by atoms with E-state index in [9.17, 15) is 9.59 Å². The maximum absolute atomic E-state index is 12.8. The average Bonchev–Trinajstić information content (AvgIpc) is 2.77. The number of nitrogens with zero attached hydrogens (tertiary/aromatic N) is 1. The number of hydrogen-bond donors (Lipinski definition) is 0. The Morgan fingerprint density at radius 3 is 2.28 bits per heavy atom. The third kappa shape index (κ3) is 5.61. The fourth-order valence-corrected chi connectivity index (χ4v) is 4.61. The quantitative estimate of drug-likeness (QED) is 0.307. The minimum atomic E-state index is -0.367. The maximum atomic E-state index is 12.8. The highest BCUT2D eigenvalue weighted by Gasteiger charge is 2.25. The minimum Gasteiger partial charge on any atom is -0.422 e. The Morgan fingerprint density at radius 2 is 1.72 bits per heavy atom. The first-order valence-electron chi connectivity index (χ1n) is 10.9. The second-order valence-electron chi connectivity index (χ2n) is 8.44. The van der Waals surface area contributed by atoms with Gasteiger partial charge in [0.15, 0.2) is 0 Å². The van der Waals surface area contributed by atoms with Gasteiger partial charge in [0.05, 0.1) is 10.5 Å². The second kappa shape index (κ2) is 10.8. The molecule has 0 saturated carbocycles. The Balaban J connectivity index is 2.01. The van der Waals surface area contributed by atoms with Crippen molar-refractivity contribution in [2.45, 2.75) is 39.5 Å². The molecule has 5 nitrogen and oxygen atoms in total. The van der Waals surface area contributed by atoms with E-state index in [0.29, 0.717) is 29.5 Å². The van der Waals surface area contributed by atoms with Crippen LogP contribution in [-0.2, 0) is 9.53 Å². The average molecular weight is 454 g/mol. The molecular formula is C26H31NO4S. The van der Waals surface area contributed by atoms with E-state index in [0.717, 1.165) is 22.4 Å². The van der Waals surface area contributed by atoms with E-state index in [1.807, 2.05) is 36.4 Å². The molecule has 6 heteroatoms. The van der Waals surface area contributed by atoms with Crippen molar-refractivity contribution in [1.82, 2.24) is 4.90 Å².